The monoisotopic (exact) mass is 383 g/mol. The summed E-state index contributed by atoms with van der Waals surface area (Å²) in [4.78, 5) is 14.2. The lowest BCUT2D eigenvalue weighted by Crippen LogP contribution is -2.32. The van der Waals surface area contributed by atoms with Crippen molar-refractivity contribution in [1.29, 1.82) is 0 Å². The van der Waals surface area contributed by atoms with Crippen LogP contribution in [0.15, 0.2) is 48.5 Å². The quantitative estimate of drug-likeness (QED) is 0.726. The van der Waals surface area contributed by atoms with Crippen LogP contribution in [0.2, 0.25) is 0 Å². The van der Waals surface area contributed by atoms with Gasteiger partial charge in [0.2, 0.25) is 5.91 Å². The molecule has 1 fully saturated rings. The summed E-state index contributed by atoms with van der Waals surface area (Å²) in [6.07, 6.45) is 4.18. The van der Waals surface area contributed by atoms with Crippen LogP contribution in [0, 0.1) is 12.7 Å². The number of carbonyl (C=O) groups is 1. The number of nitrogens with one attached hydrogen (secondary N) is 2. The van der Waals surface area contributed by atoms with E-state index >= 15 is 0 Å². The van der Waals surface area contributed by atoms with Crippen LogP contribution in [0.1, 0.15) is 48.4 Å². The van der Waals surface area contributed by atoms with Crippen LogP contribution in [0.4, 0.5) is 4.39 Å². The van der Waals surface area contributed by atoms with Crippen LogP contribution in [0.5, 0.6) is 0 Å². The number of aryl methyl sites for hydroxylation is 2. The highest BCUT2D eigenvalue weighted by molar-refractivity contribution is 5.76. The first-order valence-corrected chi connectivity index (χ1v) is 10.1. The smallest absolute Gasteiger partial charge is 0.222 e. The van der Waals surface area contributed by atoms with E-state index in [1.54, 1.807) is 12.1 Å². The molecule has 0 spiro atoms. The van der Waals surface area contributed by atoms with E-state index < -0.39 is 0 Å². The molecule has 2 aromatic carbocycles. The minimum atomic E-state index is -0.200. The Morgan fingerprint density at radius 2 is 2.00 bits per heavy atom. The minimum Gasteiger partial charge on any atom is -0.346 e. The second-order valence-electron chi connectivity index (χ2n) is 7.78. The van der Waals surface area contributed by atoms with Gasteiger partial charge in [-0.1, -0.05) is 42.0 Å². The number of nitrogens with zero attached hydrogens (tertiary/aromatic N) is 1. The van der Waals surface area contributed by atoms with E-state index in [9.17, 15) is 9.18 Å². The molecule has 2 unspecified atom stereocenters. The molecule has 1 aliphatic rings. The zero-order valence-electron chi connectivity index (χ0n) is 16.7. The van der Waals surface area contributed by atoms with E-state index in [-0.39, 0.29) is 17.8 Å². The number of hydrogen-bond acceptors (Lipinski definition) is 3. The molecule has 1 saturated heterocycles. The Hall–Kier alpha value is -2.24. The summed E-state index contributed by atoms with van der Waals surface area (Å²) < 4.78 is 13.4. The molecule has 150 valence electrons. The Kier molecular flexibility index (Phi) is 7.18. The average Bonchev–Trinajstić information content (AvgIpc) is 3.15. The van der Waals surface area contributed by atoms with Gasteiger partial charge >= 0.3 is 0 Å². The Balaban J connectivity index is 1.36. The van der Waals surface area contributed by atoms with E-state index in [2.05, 4.69) is 36.0 Å². The number of carbonyl (C=O) groups excluding carboxylic acids is 1. The summed E-state index contributed by atoms with van der Waals surface area (Å²) in [7, 11) is 1.88. The molecule has 0 radical (unpaired) electrons. The number of amides is 1. The van der Waals surface area contributed by atoms with Gasteiger partial charge in [-0.25, -0.2) is 4.39 Å². The normalized spacial score (nSPS) is 19.0. The summed E-state index contributed by atoms with van der Waals surface area (Å²) in [6, 6.07) is 15.6. The van der Waals surface area contributed by atoms with Crippen molar-refractivity contribution in [2.45, 2.75) is 51.1 Å². The molecule has 3 rings (SSSR count). The van der Waals surface area contributed by atoms with Gasteiger partial charge in [0.1, 0.15) is 5.82 Å². The van der Waals surface area contributed by atoms with Gasteiger partial charge in [-0.15, -0.1) is 0 Å². The van der Waals surface area contributed by atoms with Gasteiger partial charge in [-0.05, 0) is 55.9 Å². The molecule has 1 heterocycles. The summed E-state index contributed by atoms with van der Waals surface area (Å²) in [5, 5.41) is 0. The number of rotatable bonds is 8. The van der Waals surface area contributed by atoms with Crippen molar-refractivity contribution >= 4 is 5.91 Å². The second kappa shape index (κ2) is 9.80. The van der Waals surface area contributed by atoms with E-state index in [0.29, 0.717) is 12.5 Å². The number of benzene rings is 2. The lowest BCUT2D eigenvalue weighted by Gasteiger charge is -2.18. The fourth-order valence-corrected chi connectivity index (χ4v) is 3.76. The first-order valence-electron chi connectivity index (χ1n) is 10.1. The number of halogens is 1. The Morgan fingerprint density at radius 3 is 2.79 bits per heavy atom. The highest BCUT2D eigenvalue weighted by Crippen LogP contribution is 2.24. The predicted molar refractivity (Wildman–Crippen MR) is 110 cm³/mol. The van der Waals surface area contributed by atoms with Crippen LogP contribution in [-0.4, -0.2) is 30.4 Å². The standard InChI is InChI=1S/C23H30FN3O/c1-17-6-3-7-18(14-17)11-12-23(28)27(2)13-5-10-21-16-22(26-25-21)19-8-4-9-20(24)15-19/h3-4,6-9,14-15,21-22,25-26H,5,10-13,16H2,1-2H3. The maximum Gasteiger partial charge on any atom is 0.222 e. The zero-order chi connectivity index (χ0) is 19.9. The molecule has 2 atom stereocenters. The first kappa shape index (κ1) is 20.5. The van der Waals surface area contributed by atoms with Crippen molar-refractivity contribution in [2.75, 3.05) is 13.6 Å². The van der Waals surface area contributed by atoms with E-state index in [1.807, 2.05) is 24.1 Å². The van der Waals surface area contributed by atoms with Crippen molar-refractivity contribution in [2.24, 2.45) is 0 Å². The zero-order valence-corrected chi connectivity index (χ0v) is 16.7. The van der Waals surface area contributed by atoms with Crippen molar-refractivity contribution in [1.82, 2.24) is 15.8 Å². The third-order valence-electron chi connectivity index (χ3n) is 5.41. The third-order valence-corrected chi connectivity index (χ3v) is 5.41. The molecule has 5 heteroatoms. The second-order valence-corrected chi connectivity index (χ2v) is 7.78. The van der Waals surface area contributed by atoms with E-state index in [4.69, 9.17) is 0 Å². The molecule has 2 aromatic rings. The molecule has 0 aliphatic carbocycles. The SMILES string of the molecule is Cc1cccc(CCC(=O)N(C)CCCC2CC(c3cccc(F)c3)NN2)c1. The summed E-state index contributed by atoms with van der Waals surface area (Å²) >= 11 is 0. The summed E-state index contributed by atoms with van der Waals surface area (Å²) in [6.45, 7) is 2.83. The molecule has 28 heavy (non-hydrogen) atoms. The molecule has 0 bridgehead atoms. The van der Waals surface area contributed by atoms with Crippen LogP contribution >= 0.6 is 0 Å². The van der Waals surface area contributed by atoms with Crippen LogP contribution in [0.3, 0.4) is 0 Å². The summed E-state index contributed by atoms with van der Waals surface area (Å²) in [5.41, 5.74) is 9.97. The van der Waals surface area contributed by atoms with Gasteiger partial charge in [-0.3, -0.25) is 15.6 Å². The lowest BCUT2D eigenvalue weighted by molar-refractivity contribution is -0.129. The molecule has 0 saturated carbocycles. The van der Waals surface area contributed by atoms with Gasteiger partial charge in [0.25, 0.3) is 0 Å². The molecular weight excluding hydrogens is 353 g/mol. The largest absolute Gasteiger partial charge is 0.346 e. The van der Waals surface area contributed by atoms with Crippen LogP contribution in [0.25, 0.3) is 0 Å². The number of hydrazine groups is 1. The van der Waals surface area contributed by atoms with Crippen molar-refractivity contribution in [3.05, 3.63) is 71.0 Å². The average molecular weight is 384 g/mol. The highest BCUT2D eigenvalue weighted by Gasteiger charge is 2.25. The molecule has 1 amide bonds. The van der Waals surface area contributed by atoms with Crippen molar-refractivity contribution < 1.29 is 9.18 Å². The van der Waals surface area contributed by atoms with Gasteiger partial charge in [0.15, 0.2) is 0 Å². The maximum absolute atomic E-state index is 13.4. The third kappa shape index (κ3) is 5.88. The maximum atomic E-state index is 13.4. The fourth-order valence-electron chi connectivity index (χ4n) is 3.76. The molecular formula is C23H30FN3O. The Labute approximate surface area is 167 Å². The van der Waals surface area contributed by atoms with Gasteiger partial charge in [0, 0.05) is 32.1 Å². The van der Waals surface area contributed by atoms with Crippen molar-refractivity contribution in [3.63, 3.8) is 0 Å². The Morgan fingerprint density at radius 1 is 1.18 bits per heavy atom. The van der Waals surface area contributed by atoms with Crippen LogP contribution in [-0.2, 0) is 11.2 Å². The number of hydrogen-bond donors (Lipinski definition) is 2. The van der Waals surface area contributed by atoms with Crippen molar-refractivity contribution in [3.8, 4) is 0 Å². The van der Waals surface area contributed by atoms with E-state index in [1.165, 1.54) is 17.2 Å². The fraction of sp³-hybridized carbons (Fsp3) is 0.435. The predicted octanol–water partition coefficient (Wildman–Crippen LogP) is 3.91. The topological polar surface area (TPSA) is 44.4 Å². The molecule has 4 nitrogen and oxygen atoms in total. The molecule has 1 aliphatic heterocycles. The molecule has 2 N–H and O–H groups in total. The molecule has 0 aromatic heterocycles. The Bertz CT molecular complexity index is 795. The van der Waals surface area contributed by atoms with Gasteiger partial charge in [0.05, 0.1) is 0 Å². The highest BCUT2D eigenvalue weighted by atomic mass is 19.1. The first-order chi connectivity index (χ1) is 13.5. The van der Waals surface area contributed by atoms with Crippen LogP contribution < -0.4 is 10.9 Å². The van der Waals surface area contributed by atoms with E-state index in [0.717, 1.165) is 37.8 Å². The van der Waals surface area contributed by atoms with Gasteiger partial charge in [-0.2, -0.15) is 0 Å². The van der Waals surface area contributed by atoms with Gasteiger partial charge < -0.3 is 4.90 Å². The minimum absolute atomic E-state index is 0.134. The lowest BCUT2D eigenvalue weighted by atomic mass is 9.99. The summed E-state index contributed by atoms with van der Waals surface area (Å²) in [5.74, 6) is -0.00907.